The molecule has 1 heterocycles. The van der Waals surface area contributed by atoms with Crippen LogP contribution >= 0.6 is 34.8 Å². The second-order valence-corrected chi connectivity index (χ2v) is 9.22. The highest BCUT2D eigenvalue weighted by molar-refractivity contribution is 6.67. The Morgan fingerprint density at radius 2 is 1.86 bits per heavy atom. The molecule has 1 atom stereocenters. The largest absolute Gasteiger partial charge is 0.459 e. The maximum Gasteiger partial charge on any atom is 0.352 e. The molecular formula is C14H20Cl3NO4. The standard InChI is InChI=1S/C14H20Cl3NO4/c1-8(2)6-13(10(19)21-7-14(15,16)17)11(20)22-9(18-13)12(3,4)5/h8H,6-7H2,1-5H3/t13-/m0/s1. The van der Waals surface area contributed by atoms with Crippen LogP contribution in [0.15, 0.2) is 4.99 Å². The molecule has 1 aliphatic rings. The van der Waals surface area contributed by atoms with Crippen LogP contribution in [-0.4, -0.2) is 33.8 Å². The van der Waals surface area contributed by atoms with Crippen molar-refractivity contribution in [2.75, 3.05) is 6.61 Å². The van der Waals surface area contributed by atoms with Crippen molar-refractivity contribution < 1.29 is 19.1 Å². The summed E-state index contributed by atoms with van der Waals surface area (Å²) in [5.41, 5.74) is -2.24. The Balaban J connectivity index is 3.13. The number of esters is 2. The summed E-state index contributed by atoms with van der Waals surface area (Å²) in [5.74, 6) is -1.41. The smallest absolute Gasteiger partial charge is 0.352 e. The number of carbonyl (C=O) groups is 2. The molecule has 1 rings (SSSR count). The molecule has 0 saturated heterocycles. The quantitative estimate of drug-likeness (QED) is 0.429. The Kier molecular flexibility index (Phi) is 5.80. The van der Waals surface area contributed by atoms with E-state index in [4.69, 9.17) is 44.3 Å². The molecule has 0 bridgehead atoms. The zero-order valence-corrected chi connectivity index (χ0v) is 15.5. The Morgan fingerprint density at radius 1 is 1.32 bits per heavy atom. The Hall–Kier alpha value is -0.520. The van der Waals surface area contributed by atoms with Gasteiger partial charge in [0.25, 0.3) is 5.54 Å². The average molecular weight is 373 g/mol. The third-order valence-electron chi connectivity index (χ3n) is 2.87. The lowest BCUT2D eigenvalue weighted by Gasteiger charge is -2.23. The fourth-order valence-electron chi connectivity index (χ4n) is 1.93. The Morgan fingerprint density at radius 3 is 2.23 bits per heavy atom. The predicted octanol–water partition coefficient (Wildman–Crippen LogP) is 3.69. The number of hydrogen-bond acceptors (Lipinski definition) is 5. The minimum absolute atomic E-state index is 0.0101. The van der Waals surface area contributed by atoms with Crippen molar-refractivity contribution in [3.8, 4) is 0 Å². The summed E-state index contributed by atoms with van der Waals surface area (Å²) in [4.78, 5) is 29.0. The Labute approximate surface area is 145 Å². The highest BCUT2D eigenvalue weighted by atomic mass is 35.6. The number of aliphatic imine (C=N–C) groups is 1. The van der Waals surface area contributed by atoms with Gasteiger partial charge < -0.3 is 9.47 Å². The molecule has 0 aliphatic carbocycles. The normalized spacial score (nSPS) is 22.6. The fraction of sp³-hybridized carbons (Fsp3) is 0.786. The lowest BCUT2D eigenvalue weighted by molar-refractivity contribution is -0.158. The maximum absolute atomic E-state index is 12.4. The van der Waals surface area contributed by atoms with E-state index < -0.39 is 33.3 Å². The number of alkyl halides is 3. The number of ether oxygens (including phenoxy) is 2. The summed E-state index contributed by atoms with van der Waals surface area (Å²) < 4.78 is 8.43. The molecule has 0 N–H and O–H groups in total. The molecule has 0 spiro atoms. The van der Waals surface area contributed by atoms with Crippen LogP contribution in [0.5, 0.6) is 0 Å². The molecule has 5 nitrogen and oxygen atoms in total. The lowest BCUT2D eigenvalue weighted by atomic mass is 9.89. The van der Waals surface area contributed by atoms with Gasteiger partial charge in [0.05, 0.1) is 0 Å². The van der Waals surface area contributed by atoms with Gasteiger partial charge in [-0.25, -0.2) is 14.6 Å². The second-order valence-electron chi connectivity index (χ2n) is 6.71. The van der Waals surface area contributed by atoms with Crippen molar-refractivity contribution in [1.82, 2.24) is 0 Å². The molecule has 0 saturated carbocycles. The highest BCUT2D eigenvalue weighted by Gasteiger charge is 2.56. The van der Waals surface area contributed by atoms with E-state index in [0.717, 1.165) is 0 Å². The van der Waals surface area contributed by atoms with E-state index in [0.29, 0.717) is 0 Å². The Bertz CT molecular complexity index is 491. The first-order chi connectivity index (χ1) is 9.78. The molecule has 0 aromatic heterocycles. The first-order valence-corrected chi connectivity index (χ1v) is 7.98. The van der Waals surface area contributed by atoms with E-state index in [1.54, 1.807) is 0 Å². The molecule has 0 aromatic carbocycles. The van der Waals surface area contributed by atoms with Crippen molar-refractivity contribution in [3.05, 3.63) is 0 Å². The highest BCUT2D eigenvalue weighted by Crippen LogP contribution is 2.35. The van der Waals surface area contributed by atoms with E-state index in [9.17, 15) is 9.59 Å². The van der Waals surface area contributed by atoms with Crippen LogP contribution in [0.25, 0.3) is 0 Å². The van der Waals surface area contributed by atoms with E-state index in [2.05, 4.69) is 4.99 Å². The number of nitrogens with zero attached hydrogens (tertiary/aromatic N) is 1. The van der Waals surface area contributed by atoms with E-state index in [1.165, 1.54) is 0 Å². The molecule has 1 aliphatic heterocycles. The fourth-order valence-corrected chi connectivity index (χ4v) is 2.10. The molecule has 126 valence electrons. The van der Waals surface area contributed by atoms with Gasteiger partial charge in [0.1, 0.15) is 6.61 Å². The number of halogens is 3. The summed E-state index contributed by atoms with van der Waals surface area (Å²) >= 11 is 16.7. The summed E-state index contributed by atoms with van der Waals surface area (Å²) in [5, 5.41) is 0. The lowest BCUT2D eigenvalue weighted by Crippen LogP contribution is -2.45. The van der Waals surface area contributed by atoms with Gasteiger partial charge in [0, 0.05) is 5.41 Å². The molecular weight excluding hydrogens is 353 g/mol. The van der Waals surface area contributed by atoms with Crippen LogP contribution in [0.4, 0.5) is 0 Å². The van der Waals surface area contributed by atoms with Gasteiger partial charge in [0.2, 0.25) is 9.69 Å². The molecule has 8 heteroatoms. The molecule has 0 radical (unpaired) electrons. The topological polar surface area (TPSA) is 65.0 Å². The van der Waals surface area contributed by atoms with Gasteiger partial charge >= 0.3 is 11.9 Å². The summed E-state index contributed by atoms with van der Waals surface area (Å²) in [7, 11) is 0. The van der Waals surface area contributed by atoms with E-state index in [1.807, 2.05) is 34.6 Å². The molecule has 0 aromatic rings. The van der Waals surface area contributed by atoms with Crippen molar-refractivity contribution in [3.63, 3.8) is 0 Å². The zero-order valence-electron chi connectivity index (χ0n) is 13.2. The van der Waals surface area contributed by atoms with Crippen LogP contribution in [0.2, 0.25) is 0 Å². The van der Waals surface area contributed by atoms with E-state index in [-0.39, 0.29) is 18.2 Å². The number of cyclic esters (lactones) is 1. The van der Waals surface area contributed by atoms with Crippen LogP contribution in [0, 0.1) is 11.3 Å². The van der Waals surface area contributed by atoms with Crippen molar-refractivity contribution in [2.45, 2.75) is 50.4 Å². The molecule has 0 amide bonds. The van der Waals surface area contributed by atoms with Crippen molar-refractivity contribution >= 4 is 52.6 Å². The third kappa shape index (κ3) is 4.74. The molecule has 22 heavy (non-hydrogen) atoms. The average Bonchev–Trinajstić information content (AvgIpc) is 2.63. The van der Waals surface area contributed by atoms with Crippen molar-refractivity contribution in [1.29, 1.82) is 0 Å². The van der Waals surface area contributed by atoms with Crippen LogP contribution in [0.3, 0.4) is 0 Å². The number of rotatable bonds is 4. The third-order valence-corrected chi connectivity index (χ3v) is 3.20. The van der Waals surface area contributed by atoms with Crippen molar-refractivity contribution in [2.24, 2.45) is 16.3 Å². The first kappa shape index (κ1) is 19.5. The maximum atomic E-state index is 12.4. The first-order valence-electron chi connectivity index (χ1n) is 6.84. The van der Waals surface area contributed by atoms with Gasteiger partial charge in [-0.3, -0.25) is 0 Å². The number of hydrogen-bond donors (Lipinski definition) is 0. The SMILES string of the molecule is CC(C)C[C@@]1(C(=O)OCC(Cl)(Cl)Cl)N=C(C(C)(C)C)OC1=O. The monoisotopic (exact) mass is 371 g/mol. The van der Waals surface area contributed by atoms with Crippen LogP contribution in [0.1, 0.15) is 41.0 Å². The van der Waals surface area contributed by atoms with Crippen LogP contribution < -0.4 is 0 Å². The van der Waals surface area contributed by atoms with Gasteiger partial charge in [-0.2, -0.15) is 0 Å². The van der Waals surface area contributed by atoms with E-state index >= 15 is 0 Å². The summed E-state index contributed by atoms with van der Waals surface area (Å²) in [6, 6.07) is 0. The molecule has 0 fully saturated rings. The van der Waals surface area contributed by atoms with Gasteiger partial charge in [-0.05, 0) is 12.3 Å². The minimum atomic E-state index is -1.76. The van der Waals surface area contributed by atoms with Crippen LogP contribution in [-0.2, 0) is 19.1 Å². The molecule has 0 unspecified atom stereocenters. The summed E-state index contributed by atoms with van der Waals surface area (Å²) in [6.07, 6.45) is 0.157. The van der Waals surface area contributed by atoms with Gasteiger partial charge in [0.15, 0.2) is 0 Å². The predicted molar refractivity (Wildman–Crippen MR) is 86.4 cm³/mol. The second kappa shape index (κ2) is 6.54. The van der Waals surface area contributed by atoms with Gasteiger partial charge in [-0.1, -0.05) is 69.4 Å². The summed E-state index contributed by atoms with van der Waals surface area (Å²) in [6.45, 7) is 8.75. The number of carbonyl (C=O) groups excluding carboxylic acids is 2. The van der Waals surface area contributed by atoms with Gasteiger partial charge in [-0.15, -0.1) is 0 Å². The minimum Gasteiger partial charge on any atom is -0.459 e. The zero-order chi connectivity index (χ0) is 17.3.